The number of amides is 1. The molecule has 5 rings (SSSR count). The highest BCUT2D eigenvalue weighted by atomic mass is 32.2. The lowest BCUT2D eigenvalue weighted by Crippen LogP contribution is -2.22. The zero-order valence-electron chi connectivity index (χ0n) is 20.0. The molecule has 1 amide bonds. The second-order valence-corrected chi connectivity index (χ2v) is 11.5. The van der Waals surface area contributed by atoms with E-state index in [0.29, 0.717) is 29.8 Å². The van der Waals surface area contributed by atoms with E-state index < -0.39 is 12.1 Å². The van der Waals surface area contributed by atoms with Crippen molar-refractivity contribution in [3.05, 3.63) is 71.0 Å². The number of pyridine rings is 1. The first-order chi connectivity index (χ1) is 16.9. The van der Waals surface area contributed by atoms with Gasteiger partial charge in [0.1, 0.15) is 12.0 Å². The maximum atomic E-state index is 13.4. The summed E-state index contributed by atoms with van der Waals surface area (Å²) in [5.41, 5.74) is 5.67. The van der Waals surface area contributed by atoms with Gasteiger partial charge in [-0.2, -0.15) is 11.8 Å². The van der Waals surface area contributed by atoms with E-state index in [1.54, 1.807) is 12.3 Å². The Kier molecular flexibility index (Phi) is 6.78. The number of carbonyl (C=O) groups excluding carboxylic acids is 2. The quantitative estimate of drug-likeness (QED) is 0.414. The fourth-order valence-electron chi connectivity index (χ4n) is 4.79. The molecule has 1 fully saturated rings. The molecular formula is C28H30FN3O2S. The number of benzene rings is 1. The SMILES string of the molecule is CC(C)SCC1CC(=O)c2c([nH]c(-c3ccnc(NC(=O)C4C[C@@H]4F)c3)c2Cc2ccccc2)C1. The van der Waals surface area contributed by atoms with Crippen LogP contribution in [0.2, 0.25) is 0 Å². The van der Waals surface area contributed by atoms with E-state index in [2.05, 4.69) is 41.3 Å². The summed E-state index contributed by atoms with van der Waals surface area (Å²) in [6.45, 7) is 4.37. The Morgan fingerprint density at radius 3 is 2.71 bits per heavy atom. The van der Waals surface area contributed by atoms with Gasteiger partial charge in [-0.05, 0) is 53.0 Å². The number of fused-ring (bicyclic) bond motifs is 1. The first-order valence-corrected chi connectivity index (χ1v) is 13.3. The number of hydrogen-bond donors (Lipinski definition) is 2. The zero-order chi connectivity index (χ0) is 24.5. The Morgan fingerprint density at radius 2 is 2.00 bits per heavy atom. The molecule has 0 bridgehead atoms. The molecular weight excluding hydrogens is 461 g/mol. The smallest absolute Gasteiger partial charge is 0.231 e. The number of ketones is 1. The van der Waals surface area contributed by atoms with Gasteiger partial charge in [0.25, 0.3) is 0 Å². The minimum Gasteiger partial charge on any atom is -0.358 e. The lowest BCUT2D eigenvalue weighted by atomic mass is 9.84. The molecule has 3 atom stereocenters. The fraction of sp³-hybridized carbons (Fsp3) is 0.393. The van der Waals surface area contributed by atoms with Crippen LogP contribution < -0.4 is 5.32 Å². The molecule has 0 spiro atoms. The van der Waals surface area contributed by atoms with Crippen LogP contribution in [0.25, 0.3) is 11.3 Å². The summed E-state index contributed by atoms with van der Waals surface area (Å²) in [5, 5.41) is 3.28. The van der Waals surface area contributed by atoms with Crippen LogP contribution in [0.15, 0.2) is 48.7 Å². The number of alkyl halides is 1. The monoisotopic (exact) mass is 491 g/mol. The highest BCUT2D eigenvalue weighted by molar-refractivity contribution is 7.99. The van der Waals surface area contributed by atoms with Crippen LogP contribution in [-0.2, 0) is 17.6 Å². The molecule has 5 nitrogen and oxygen atoms in total. The lowest BCUT2D eigenvalue weighted by Gasteiger charge is -2.22. The van der Waals surface area contributed by atoms with Gasteiger partial charge in [-0.25, -0.2) is 9.37 Å². The number of thioether (sulfide) groups is 1. The average molecular weight is 492 g/mol. The largest absolute Gasteiger partial charge is 0.358 e. The van der Waals surface area contributed by atoms with Crippen LogP contribution in [0.1, 0.15) is 53.9 Å². The van der Waals surface area contributed by atoms with Gasteiger partial charge in [-0.1, -0.05) is 44.2 Å². The van der Waals surface area contributed by atoms with Crippen molar-refractivity contribution >= 4 is 29.3 Å². The van der Waals surface area contributed by atoms with Gasteiger partial charge in [-0.3, -0.25) is 9.59 Å². The summed E-state index contributed by atoms with van der Waals surface area (Å²) in [6.07, 6.45) is 2.90. The average Bonchev–Trinajstić information content (AvgIpc) is 3.46. The van der Waals surface area contributed by atoms with Crippen LogP contribution in [-0.4, -0.2) is 38.8 Å². The molecule has 3 aromatic rings. The number of Topliss-reactive ketones (excluding diaryl/α,β-unsaturated/α-hetero) is 1. The fourth-order valence-corrected chi connectivity index (χ4v) is 5.68. The Hall–Kier alpha value is -2.93. The van der Waals surface area contributed by atoms with E-state index in [1.165, 1.54) is 0 Å². The van der Waals surface area contributed by atoms with Crippen molar-refractivity contribution in [2.75, 3.05) is 11.1 Å². The third kappa shape index (κ3) is 5.35. The third-order valence-corrected chi connectivity index (χ3v) is 8.00. The van der Waals surface area contributed by atoms with Crippen molar-refractivity contribution in [2.24, 2.45) is 11.8 Å². The molecule has 0 radical (unpaired) electrons. The second kappa shape index (κ2) is 9.97. The maximum Gasteiger partial charge on any atom is 0.231 e. The lowest BCUT2D eigenvalue weighted by molar-refractivity contribution is -0.117. The number of aromatic nitrogens is 2. The Labute approximate surface area is 209 Å². The Bertz CT molecular complexity index is 1240. The number of H-pyrrole nitrogens is 1. The highest BCUT2D eigenvalue weighted by Crippen LogP contribution is 2.38. The maximum absolute atomic E-state index is 13.4. The van der Waals surface area contributed by atoms with E-state index in [1.807, 2.05) is 36.0 Å². The number of nitrogens with zero attached hydrogens (tertiary/aromatic N) is 1. The summed E-state index contributed by atoms with van der Waals surface area (Å²) in [6, 6.07) is 13.8. The van der Waals surface area contributed by atoms with Crippen LogP contribution in [0.5, 0.6) is 0 Å². The second-order valence-electron chi connectivity index (χ2n) is 9.85. The van der Waals surface area contributed by atoms with E-state index in [4.69, 9.17) is 0 Å². The minimum atomic E-state index is -1.06. The molecule has 1 aromatic carbocycles. The molecule has 2 aliphatic carbocycles. The highest BCUT2D eigenvalue weighted by Gasteiger charge is 2.43. The normalized spacial score (nSPS) is 21.1. The molecule has 7 heteroatoms. The summed E-state index contributed by atoms with van der Waals surface area (Å²) < 4.78 is 13.3. The number of anilines is 1. The van der Waals surface area contributed by atoms with E-state index in [-0.39, 0.29) is 18.1 Å². The van der Waals surface area contributed by atoms with Crippen molar-refractivity contribution < 1.29 is 14.0 Å². The van der Waals surface area contributed by atoms with Crippen LogP contribution in [0.3, 0.4) is 0 Å². The van der Waals surface area contributed by atoms with Gasteiger partial charge in [0.2, 0.25) is 5.91 Å². The predicted molar refractivity (Wildman–Crippen MR) is 139 cm³/mol. The first kappa shape index (κ1) is 23.8. The van der Waals surface area contributed by atoms with Crippen LogP contribution in [0, 0.1) is 11.8 Å². The summed E-state index contributed by atoms with van der Waals surface area (Å²) in [4.78, 5) is 33.5. The number of aromatic amines is 1. The molecule has 182 valence electrons. The van der Waals surface area contributed by atoms with Gasteiger partial charge >= 0.3 is 0 Å². The number of halogens is 1. The standard InChI is InChI=1S/C28H30FN3O2S/c1-16(2)35-15-18-11-23-26(24(33)12-18)21(10-17-6-4-3-5-7-17)27(31-23)19-8-9-30-25(13-19)32-28(34)20-14-22(20)29/h3-9,13,16,18,20,22,31H,10-12,14-15H2,1-2H3,(H,30,32,34)/t18?,20?,22-/m0/s1. The number of nitrogens with one attached hydrogen (secondary N) is 2. The van der Waals surface area contributed by atoms with Crippen molar-refractivity contribution in [1.82, 2.24) is 9.97 Å². The van der Waals surface area contributed by atoms with Gasteiger partial charge in [0, 0.05) is 35.9 Å². The molecule has 35 heavy (non-hydrogen) atoms. The molecule has 0 aliphatic heterocycles. The van der Waals surface area contributed by atoms with Gasteiger partial charge in [0.15, 0.2) is 5.78 Å². The van der Waals surface area contributed by atoms with Gasteiger partial charge in [0.05, 0.1) is 11.6 Å². The van der Waals surface area contributed by atoms with Crippen LogP contribution in [0.4, 0.5) is 10.2 Å². The zero-order valence-corrected chi connectivity index (χ0v) is 20.8. The molecule has 1 saturated carbocycles. The van der Waals surface area contributed by atoms with Crippen LogP contribution >= 0.6 is 11.8 Å². The minimum absolute atomic E-state index is 0.194. The van der Waals surface area contributed by atoms with Gasteiger partial charge < -0.3 is 10.3 Å². The van der Waals surface area contributed by atoms with Gasteiger partial charge in [-0.15, -0.1) is 0 Å². The number of hydrogen-bond acceptors (Lipinski definition) is 4. The summed E-state index contributed by atoms with van der Waals surface area (Å²) >= 11 is 1.90. The molecule has 2 aliphatic rings. The number of rotatable bonds is 8. The Morgan fingerprint density at radius 1 is 1.23 bits per heavy atom. The van der Waals surface area contributed by atoms with Crippen molar-refractivity contribution in [2.45, 2.75) is 51.0 Å². The first-order valence-electron chi connectivity index (χ1n) is 12.2. The molecule has 2 unspecified atom stereocenters. The third-order valence-electron chi connectivity index (χ3n) is 6.67. The molecule has 2 aromatic heterocycles. The topological polar surface area (TPSA) is 74.8 Å². The van der Waals surface area contributed by atoms with E-state index in [9.17, 15) is 14.0 Å². The summed E-state index contributed by atoms with van der Waals surface area (Å²) in [5.74, 6) is 0.954. The molecule has 2 N–H and O–H groups in total. The number of carbonyl (C=O) groups is 2. The van der Waals surface area contributed by atoms with Crippen molar-refractivity contribution in [1.29, 1.82) is 0 Å². The molecule has 2 heterocycles. The van der Waals surface area contributed by atoms with Crippen molar-refractivity contribution in [3.8, 4) is 11.3 Å². The van der Waals surface area contributed by atoms with E-state index >= 15 is 0 Å². The Balaban J connectivity index is 1.49. The van der Waals surface area contributed by atoms with E-state index in [0.717, 1.165) is 45.8 Å². The van der Waals surface area contributed by atoms with Crippen molar-refractivity contribution in [3.63, 3.8) is 0 Å². The molecule has 0 saturated heterocycles. The predicted octanol–water partition coefficient (Wildman–Crippen LogP) is 5.85. The summed E-state index contributed by atoms with van der Waals surface area (Å²) in [7, 11) is 0.